The molecule has 0 fully saturated rings. The van der Waals surface area contributed by atoms with Crippen molar-refractivity contribution in [2.24, 2.45) is 0 Å². The van der Waals surface area contributed by atoms with Crippen molar-refractivity contribution in [1.29, 1.82) is 0 Å². The fraction of sp³-hybridized carbons (Fsp3) is 0.200. The second-order valence-corrected chi connectivity index (χ2v) is 7.67. The SMILES string of the molecule is O=S(=O)(NCCO)c1cccc(Nc2c(Cl)cc(C(F)(F)F)cc2Cl)c1. The number of rotatable bonds is 6. The summed E-state index contributed by atoms with van der Waals surface area (Å²) in [6.07, 6.45) is -4.60. The van der Waals surface area contributed by atoms with Crippen molar-refractivity contribution in [2.45, 2.75) is 11.1 Å². The van der Waals surface area contributed by atoms with E-state index in [9.17, 15) is 21.6 Å². The van der Waals surface area contributed by atoms with Gasteiger partial charge in [-0.15, -0.1) is 0 Å². The number of hydrogen-bond acceptors (Lipinski definition) is 4. The molecular weight excluding hydrogens is 416 g/mol. The lowest BCUT2D eigenvalue weighted by Crippen LogP contribution is -2.26. The number of aliphatic hydroxyl groups is 1. The molecule has 11 heteroatoms. The van der Waals surface area contributed by atoms with Gasteiger partial charge in [-0.1, -0.05) is 29.3 Å². The largest absolute Gasteiger partial charge is 0.416 e. The minimum atomic E-state index is -4.60. The first-order valence-electron chi connectivity index (χ1n) is 7.08. The van der Waals surface area contributed by atoms with Gasteiger partial charge in [0.15, 0.2) is 0 Å². The van der Waals surface area contributed by atoms with Gasteiger partial charge in [0.25, 0.3) is 0 Å². The molecule has 5 nitrogen and oxygen atoms in total. The molecule has 3 N–H and O–H groups in total. The summed E-state index contributed by atoms with van der Waals surface area (Å²) in [5.41, 5.74) is -0.734. The van der Waals surface area contributed by atoms with Crippen LogP contribution >= 0.6 is 23.2 Å². The topological polar surface area (TPSA) is 78.4 Å². The maximum absolute atomic E-state index is 12.8. The fourth-order valence-electron chi connectivity index (χ4n) is 2.00. The molecule has 0 bridgehead atoms. The van der Waals surface area contributed by atoms with Gasteiger partial charge < -0.3 is 10.4 Å². The van der Waals surface area contributed by atoms with Crippen molar-refractivity contribution in [2.75, 3.05) is 18.5 Å². The number of sulfonamides is 1. The third-order valence-corrected chi connectivity index (χ3v) is 5.24. The van der Waals surface area contributed by atoms with Crippen LogP contribution < -0.4 is 10.0 Å². The van der Waals surface area contributed by atoms with Crippen molar-refractivity contribution in [3.63, 3.8) is 0 Å². The van der Waals surface area contributed by atoms with E-state index in [2.05, 4.69) is 10.0 Å². The van der Waals surface area contributed by atoms with Crippen LogP contribution in [0.2, 0.25) is 10.0 Å². The molecule has 0 aliphatic carbocycles. The molecule has 0 aromatic heterocycles. The van der Waals surface area contributed by atoms with E-state index in [0.29, 0.717) is 0 Å². The lowest BCUT2D eigenvalue weighted by atomic mass is 10.2. The number of aliphatic hydroxyl groups excluding tert-OH is 1. The van der Waals surface area contributed by atoms with Crippen LogP contribution in [0.3, 0.4) is 0 Å². The molecule has 2 aromatic carbocycles. The highest BCUT2D eigenvalue weighted by molar-refractivity contribution is 7.89. The highest BCUT2D eigenvalue weighted by Crippen LogP contribution is 2.39. The Kier molecular flexibility index (Phi) is 6.41. The molecule has 2 aromatic rings. The Labute approximate surface area is 157 Å². The van der Waals surface area contributed by atoms with Gasteiger partial charge >= 0.3 is 6.18 Å². The molecule has 0 unspecified atom stereocenters. The molecule has 0 aliphatic rings. The van der Waals surface area contributed by atoms with Crippen LogP contribution in [0.15, 0.2) is 41.3 Å². The lowest BCUT2D eigenvalue weighted by Gasteiger charge is -2.15. The molecule has 0 saturated carbocycles. The van der Waals surface area contributed by atoms with Crippen LogP contribution in [0.5, 0.6) is 0 Å². The zero-order chi connectivity index (χ0) is 19.5. The van der Waals surface area contributed by atoms with Gasteiger partial charge in [0.1, 0.15) is 0 Å². The third-order valence-electron chi connectivity index (χ3n) is 3.19. The Bertz CT molecular complexity index is 882. The summed E-state index contributed by atoms with van der Waals surface area (Å²) < 4.78 is 64.6. The normalized spacial score (nSPS) is 12.2. The number of anilines is 2. The van der Waals surface area contributed by atoms with Gasteiger partial charge in [-0.25, -0.2) is 13.1 Å². The Balaban J connectivity index is 2.34. The second-order valence-electron chi connectivity index (χ2n) is 5.09. The van der Waals surface area contributed by atoms with E-state index in [4.69, 9.17) is 28.3 Å². The van der Waals surface area contributed by atoms with Crippen molar-refractivity contribution in [3.05, 3.63) is 52.0 Å². The molecule has 0 aliphatic heterocycles. The smallest absolute Gasteiger partial charge is 0.395 e. The standard InChI is InChI=1S/C15H13Cl2F3N2O3S/c16-12-6-9(15(18,19)20)7-13(17)14(12)22-10-2-1-3-11(8-10)26(24,25)21-4-5-23/h1-3,6-8,21-23H,4-5H2. The highest BCUT2D eigenvalue weighted by atomic mass is 35.5. The molecule has 0 saturated heterocycles. The zero-order valence-electron chi connectivity index (χ0n) is 12.9. The van der Waals surface area contributed by atoms with Crippen LogP contribution in [0.4, 0.5) is 24.5 Å². The van der Waals surface area contributed by atoms with E-state index in [1.807, 2.05) is 0 Å². The lowest BCUT2D eigenvalue weighted by molar-refractivity contribution is -0.137. The first kappa shape index (κ1) is 20.8. The Hall–Kier alpha value is -1.52. The molecule has 2 rings (SSSR count). The van der Waals surface area contributed by atoms with Gasteiger partial charge in [0.05, 0.1) is 32.8 Å². The maximum Gasteiger partial charge on any atom is 0.416 e. The highest BCUT2D eigenvalue weighted by Gasteiger charge is 2.32. The van der Waals surface area contributed by atoms with Crippen LogP contribution in [-0.4, -0.2) is 26.7 Å². The summed E-state index contributed by atoms with van der Waals surface area (Å²) in [7, 11) is -3.85. The van der Waals surface area contributed by atoms with E-state index in [1.165, 1.54) is 24.3 Å². The van der Waals surface area contributed by atoms with Crippen LogP contribution in [0, 0.1) is 0 Å². The summed E-state index contributed by atoms with van der Waals surface area (Å²) >= 11 is 11.8. The van der Waals surface area contributed by atoms with Crippen LogP contribution in [0.25, 0.3) is 0 Å². The number of nitrogens with one attached hydrogen (secondary N) is 2. The Morgan fingerprint density at radius 1 is 1.08 bits per heavy atom. The Morgan fingerprint density at radius 2 is 1.69 bits per heavy atom. The second kappa shape index (κ2) is 8.01. The van der Waals surface area contributed by atoms with E-state index >= 15 is 0 Å². The fourth-order valence-corrected chi connectivity index (χ4v) is 3.65. The first-order chi connectivity index (χ1) is 12.0. The monoisotopic (exact) mass is 428 g/mol. The molecule has 142 valence electrons. The van der Waals surface area contributed by atoms with Gasteiger partial charge in [0, 0.05) is 12.2 Å². The van der Waals surface area contributed by atoms with E-state index < -0.39 is 21.8 Å². The van der Waals surface area contributed by atoms with Crippen molar-refractivity contribution >= 4 is 44.6 Å². The molecular formula is C15H13Cl2F3N2O3S. The summed E-state index contributed by atoms with van der Waals surface area (Å²) in [5.74, 6) is 0. The van der Waals surface area contributed by atoms with Gasteiger partial charge in [-0.3, -0.25) is 0 Å². The van der Waals surface area contributed by atoms with Crippen molar-refractivity contribution in [3.8, 4) is 0 Å². The van der Waals surface area contributed by atoms with Crippen molar-refractivity contribution in [1.82, 2.24) is 4.72 Å². The van der Waals surface area contributed by atoms with E-state index in [-0.39, 0.29) is 39.5 Å². The number of hydrogen-bond donors (Lipinski definition) is 3. The predicted molar refractivity (Wildman–Crippen MR) is 93.5 cm³/mol. The first-order valence-corrected chi connectivity index (χ1v) is 9.32. The number of halogens is 5. The van der Waals surface area contributed by atoms with Gasteiger partial charge in [-0.05, 0) is 30.3 Å². The third kappa shape index (κ3) is 5.01. The van der Waals surface area contributed by atoms with E-state index in [1.54, 1.807) is 0 Å². The number of benzene rings is 2. The summed E-state index contributed by atoms with van der Waals surface area (Å²) in [4.78, 5) is -0.102. The molecule has 0 radical (unpaired) electrons. The molecule has 0 heterocycles. The zero-order valence-corrected chi connectivity index (χ0v) is 15.3. The Morgan fingerprint density at radius 3 is 2.23 bits per heavy atom. The summed E-state index contributed by atoms with van der Waals surface area (Å²) in [6.45, 7) is -0.523. The summed E-state index contributed by atoms with van der Waals surface area (Å²) in [6, 6.07) is 6.94. The minimum Gasteiger partial charge on any atom is -0.395 e. The van der Waals surface area contributed by atoms with Crippen LogP contribution in [0.1, 0.15) is 5.56 Å². The quantitative estimate of drug-likeness (QED) is 0.648. The minimum absolute atomic E-state index is 0.0131. The molecule has 26 heavy (non-hydrogen) atoms. The van der Waals surface area contributed by atoms with E-state index in [0.717, 1.165) is 12.1 Å². The van der Waals surface area contributed by atoms with Gasteiger partial charge in [-0.2, -0.15) is 13.2 Å². The number of alkyl halides is 3. The molecule has 0 amide bonds. The molecule has 0 atom stereocenters. The maximum atomic E-state index is 12.8. The average Bonchev–Trinajstić information content (AvgIpc) is 2.55. The van der Waals surface area contributed by atoms with Crippen molar-refractivity contribution < 1.29 is 26.7 Å². The predicted octanol–water partition coefficient (Wildman–Crippen LogP) is 4.03. The molecule has 0 spiro atoms. The van der Waals surface area contributed by atoms with Gasteiger partial charge in [0.2, 0.25) is 10.0 Å². The van der Waals surface area contributed by atoms with Crippen LogP contribution in [-0.2, 0) is 16.2 Å². The summed E-state index contributed by atoms with van der Waals surface area (Å²) in [5, 5.41) is 10.9. The average molecular weight is 429 g/mol.